The number of hydrazone groups is 1. The van der Waals surface area contributed by atoms with Crippen molar-refractivity contribution >= 4 is 21.8 Å². The van der Waals surface area contributed by atoms with Crippen LogP contribution in [0.3, 0.4) is 0 Å². The molecule has 1 aliphatic carbocycles. The number of amides is 1. The largest absolute Gasteiger partial charge is 0.446 e. The third-order valence-electron chi connectivity index (χ3n) is 3.39. The molecule has 0 heterocycles. The molecule has 22 heavy (non-hydrogen) atoms. The van der Waals surface area contributed by atoms with Gasteiger partial charge in [-0.3, -0.25) is 0 Å². The summed E-state index contributed by atoms with van der Waals surface area (Å²) in [6, 6.07) is 6.49. The van der Waals surface area contributed by atoms with Gasteiger partial charge in [-0.25, -0.2) is 9.63 Å². The van der Waals surface area contributed by atoms with Crippen molar-refractivity contribution in [1.29, 1.82) is 0 Å². The zero-order chi connectivity index (χ0) is 16.2. The molecule has 0 bridgehead atoms. The van der Waals surface area contributed by atoms with Crippen LogP contribution in [-0.4, -0.2) is 26.3 Å². The highest BCUT2D eigenvalue weighted by atomic mass is 32.2. The predicted molar refractivity (Wildman–Crippen MR) is 81.9 cm³/mol. The second kappa shape index (κ2) is 6.78. The van der Waals surface area contributed by atoms with Crippen molar-refractivity contribution in [3.05, 3.63) is 29.8 Å². The summed E-state index contributed by atoms with van der Waals surface area (Å²) in [4.78, 5) is 13.1. The first-order chi connectivity index (χ1) is 10.4. The van der Waals surface area contributed by atoms with Gasteiger partial charge in [0.1, 0.15) is 6.10 Å². The number of carbonyl (C=O) groups excluding carboxylic acids is 1. The molecule has 3 N–H and O–H groups in total. The Morgan fingerprint density at radius 3 is 2.68 bits per heavy atom. The molecule has 0 spiro atoms. The van der Waals surface area contributed by atoms with E-state index in [0.29, 0.717) is 25.0 Å². The number of rotatable bonds is 4. The lowest BCUT2D eigenvalue weighted by molar-refractivity contribution is 0.100. The van der Waals surface area contributed by atoms with Gasteiger partial charge in [0.15, 0.2) is 0 Å². The first-order valence-corrected chi connectivity index (χ1v) is 8.45. The van der Waals surface area contributed by atoms with E-state index in [1.807, 2.05) is 6.92 Å². The summed E-state index contributed by atoms with van der Waals surface area (Å²) in [5.41, 5.74) is 6.61. The third kappa shape index (κ3) is 4.45. The van der Waals surface area contributed by atoms with Crippen molar-refractivity contribution in [3.8, 4) is 0 Å². The number of benzene rings is 1. The summed E-state index contributed by atoms with van der Waals surface area (Å²) in [6.07, 6.45) is 1.35. The fraction of sp³-hybridized carbons (Fsp3) is 0.429. The normalized spacial score (nSPS) is 20.6. The molecule has 0 radical (unpaired) electrons. The Morgan fingerprint density at radius 1 is 1.36 bits per heavy atom. The number of primary amides is 1. The molecule has 120 valence electrons. The van der Waals surface area contributed by atoms with Gasteiger partial charge in [0.25, 0.3) is 10.0 Å². The molecular formula is C14H19N3O4S. The molecule has 1 amide bonds. The fourth-order valence-electron chi connectivity index (χ4n) is 2.26. The summed E-state index contributed by atoms with van der Waals surface area (Å²) < 4.78 is 29.2. The summed E-state index contributed by atoms with van der Waals surface area (Å²) in [6.45, 7) is 1.88. The van der Waals surface area contributed by atoms with Crippen molar-refractivity contribution in [2.24, 2.45) is 10.8 Å². The van der Waals surface area contributed by atoms with Gasteiger partial charge in [0.2, 0.25) is 0 Å². The van der Waals surface area contributed by atoms with Crippen LogP contribution in [-0.2, 0) is 14.8 Å². The van der Waals surface area contributed by atoms with Gasteiger partial charge in [0, 0.05) is 12.1 Å². The smallest absolute Gasteiger partial charge is 0.404 e. The summed E-state index contributed by atoms with van der Waals surface area (Å²) in [7, 11) is -3.69. The molecule has 8 heteroatoms. The second-order valence-electron chi connectivity index (χ2n) is 5.24. The van der Waals surface area contributed by atoms with E-state index in [2.05, 4.69) is 9.93 Å². The van der Waals surface area contributed by atoms with Crippen molar-refractivity contribution in [2.45, 2.75) is 43.6 Å². The minimum atomic E-state index is -3.69. The van der Waals surface area contributed by atoms with Crippen LogP contribution in [0.1, 0.15) is 31.2 Å². The standard InChI is InChI=1S/C14H19N3O4S/c1-10-5-7-13(8-6-10)22(19,20)17-16-11-3-2-4-12(9-11)21-14(15)18/h5-8,12,17H,2-4,9H2,1H3,(H2,15,18). The van der Waals surface area contributed by atoms with E-state index in [9.17, 15) is 13.2 Å². The highest BCUT2D eigenvalue weighted by molar-refractivity contribution is 7.89. The van der Waals surface area contributed by atoms with E-state index in [-0.39, 0.29) is 11.0 Å². The third-order valence-corrected chi connectivity index (χ3v) is 4.62. The molecule has 7 nitrogen and oxygen atoms in total. The van der Waals surface area contributed by atoms with E-state index >= 15 is 0 Å². The SMILES string of the molecule is Cc1ccc(S(=O)(=O)NN=C2CCCC(OC(N)=O)C2)cc1. The summed E-state index contributed by atoms with van der Waals surface area (Å²) >= 11 is 0. The van der Waals surface area contributed by atoms with Crippen LogP contribution >= 0.6 is 0 Å². The van der Waals surface area contributed by atoms with Crippen molar-refractivity contribution in [2.75, 3.05) is 0 Å². The molecule has 0 aliphatic heterocycles. The molecule has 1 unspecified atom stereocenters. The molecule has 1 atom stereocenters. The second-order valence-corrected chi connectivity index (χ2v) is 6.90. The van der Waals surface area contributed by atoms with Crippen LogP contribution < -0.4 is 10.6 Å². The highest BCUT2D eigenvalue weighted by Crippen LogP contribution is 2.19. The average molecular weight is 325 g/mol. The topological polar surface area (TPSA) is 111 Å². The lowest BCUT2D eigenvalue weighted by Crippen LogP contribution is -2.30. The van der Waals surface area contributed by atoms with Crippen molar-refractivity contribution < 1.29 is 17.9 Å². The molecule has 0 saturated heterocycles. The van der Waals surface area contributed by atoms with Crippen LogP contribution in [0, 0.1) is 6.92 Å². The van der Waals surface area contributed by atoms with Crippen LogP contribution in [0.5, 0.6) is 0 Å². The molecule has 2 rings (SSSR count). The maximum Gasteiger partial charge on any atom is 0.404 e. The highest BCUT2D eigenvalue weighted by Gasteiger charge is 2.22. The van der Waals surface area contributed by atoms with Crippen molar-refractivity contribution in [3.63, 3.8) is 0 Å². The molecule has 1 fully saturated rings. The van der Waals surface area contributed by atoms with E-state index in [4.69, 9.17) is 10.5 Å². The van der Waals surface area contributed by atoms with Gasteiger partial charge < -0.3 is 10.5 Å². The zero-order valence-corrected chi connectivity index (χ0v) is 13.1. The predicted octanol–water partition coefficient (Wildman–Crippen LogP) is 1.67. The number of nitrogens with zero attached hydrogens (tertiary/aromatic N) is 1. The molecule has 1 aromatic rings. The first-order valence-electron chi connectivity index (χ1n) is 6.97. The maximum absolute atomic E-state index is 12.1. The Hall–Kier alpha value is -2.09. The van der Waals surface area contributed by atoms with Gasteiger partial charge in [-0.2, -0.15) is 13.5 Å². The Bertz CT molecular complexity index is 668. The van der Waals surface area contributed by atoms with Crippen LogP contribution in [0.25, 0.3) is 0 Å². The minimum Gasteiger partial charge on any atom is -0.446 e. The van der Waals surface area contributed by atoms with Gasteiger partial charge in [-0.05, 0) is 38.3 Å². The van der Waals surface area contributed by atoms with Crippen LogP contribution in [0.2, 0.25) is 0 Å². The monoisotopic (exact) mass is 325 g/mol. The number of hydrogen-bond acceptors (Lipinski definition) is 5. The van der Waals surface area contributed by atoms with E-state index in [0.717, 1.165) is 12.0 Å². The molecular weight excluding hydrogens is 306 g/mol. The number of nitrogens with two attached hydrogens (primary N) is 1. The van der Waals surface area contributed by atoms with E-state index in [1.54, 1.807) is 12.1 Å². The van der Waals surface area contributed by atoms with Crippen LogP contribution in [0.15, 0.2) is 34.3 Å². The first kappa shape index (κ1) is 16.3. The Balaban J connectivity index is 2.03. The number of carbonyl (C=O) groups is 1. The van der Waals surface area contributed by atoms with Gasteiger partial charge >= 0.3 is 6.09 Å². The number of hydrogen-bond donors (Lipinski definition) is 2. The Morgan fingerprint density at radius 2 is 2.05 bits per heavy atom. The quantitative estimate of drug-likeness (QED) is 0.820. The van der Waals surface area contributed by atoms with Crippen molar-refractivity contribution in [1.82, 2.24) is 4.83 Å². The number of aryl methyl sites for hydroxylation is 1. The number of nitrogens with one attached hydrogen (secondary N) is 1. The molecule has 0 aromatic heterocycles. The van der Waals surface area contributed by atoms with E-state index in [1.165, 1.54) is 12.1 Å². The lowest BCUT2D eigenvalue weighted by atomic mass is 9.96. The van der Waals surface area contributed by atoms with E-state index < -0.39 is 16.1 Å². The molecule has 1 aromatic carbocycles. The lowest BCUT2D eigenvalue weighted by Gasteiger charge is -2.22. The van der Waals surface area contributed by atoms with Crippen LogP contribution in [0.4, 0.5) is 4.79 Å². The fourth-order valence-corrected chi connectivity index (χ4v) is 3.11. The zero-order valence-electron chi connectivity index (χ0n) is 12.3. The van der Waals surface area contributed by atoms with Gasteiger partial charge in [-0.15, -0.1) is 0 Å². The summed E-state index contributed by atoms with van der Waals surface area (Å²) in [5, 5.41) is 3.96. The summed E-state index contributed by atoms with van der Waals surface area (Å²) in [5.74, 6) is 0. The maximum atomic E-state index is 12.1. The van der Waals surface area contributed by atoms with Gasteiger partial charge in [-0.1, -0.05) is 17.7 Å². The minimum absolute atomic E-state index is 0.156. The van der Waals surface area contributed by atoms with Gasteiger partial charge in [0.05, 0.1) is 4.90 Å². The Kier molecular flexibility index (Phi) is 5.02. The average Bonchev–Trinajstić information content (AvgIpc) is 2.45. The Labute approximate surface area is 129 Å². The molecule has 1 aliphatic rings. The number of sulfonamides is 1. The molecule has 1 saturated carbocycles. The number of ether oxygens (including phenoxy) is 1.